The molecule has 0 radical (unpaired) electrons. The Kier molecular flexibility index (Phi) is 12.3. The highest BCUT2D eigenvalue weighted by Gasteiger charge is 2.50. The van der Waals surface area contributed by atoms with Crippen LogP contribution in [0.15, 0.2) is 78.9 Å². The van der Waals surface area contributed by atoms with Crippen LogP contribution in [0.4, 0.5) is 0 Å². The predicted octanol–water partition coefficient (Wildman–Crippen LogP) is 7.59. The van der Waals surface area contributed by atoms with Gasteiger partial charge in [-0.1, -0.05) is 93.0 Å². The Balaban J connectivity index is 1.21. The van der Waals surface area contributed by atoms with Gasteiger partial charge < -0.3 is 18.5 Å². The molecule has 1 aliphatic rings. The van der Waals surface area contributed by atoms with Crippen molar-refractivity contribution in [2.75, 3.05) is 21.3 Å². The van der Waals surface area contributed by atoms with E-state index in [9.17, 15) is 9.59 Å². The van der Waals surface area contributed by atoms with Gasteiger partial charge in [0.15, 0.2) is 0 Å². The molecule has 11 nitrogen and oxygen atoms in total. The number of halogens is 1. The summed E-state index contributed by atoms with van der Waals surface area (Å²) in [5.41, 5.74) is 7.75. The van der Waals surface area contributed by atoms with Crippen LogP contribution in [0.3, 0.4) is 0 Å². The summed E-state index contributed by atoms with van der Waals surface area (Å²) in [4.78, 5) is 27.8. The van der Waals surface area contributed by atoms with Gasteiger partial charge in [-0.25, -0.2) is 4.79 Å². The molecule has 3 aromatic carbocycles. The Morgan fingerprint density at radius 1 is 0.898 bits per heavy atom. The van der Waals surface area contributed by atoms with E-state index in [4.69, 9.17) is 35.7 Å². The predicted molar refractivity (Wildman–Crippen MR) is 235 cm³/mol. The van der Waals surface area contributed by atoms with Gasteiger partial charge in [-0.15, -0.1) is 0 Å². The third-order valence-electron chi connectivity index (χ3n) is 11.7. The third-order valence-corrected chi connectivity index (χ3v) is 17.0. The summed E-state index contributed by atoms with van der Waals surface area (Å²) in [5, 5.41) is 13.9. The van der Waals surface area contributed by atoms with Gasteiger partial charge in [0, 0.05) is 66.0 Å². The van der Waals surface area contributed by atoms with Crippen LogP contribution >= 0.6 is 11.6 Å². The van der Waals surface area contributed by atoms with Gasteiger partial charge in [0.1, 0.15) is 5.69 Å². The normalized spacial score (nSPS) is 13.3. The van der Waals surface area contributed by atoms with Crippen molar-refractivity contribution >= 4 is 53.1 Å². The van der Waals surface area contributed by atoms with Crippen LogP contribution in [0, 0.1) is 6.92 Å². The summed E-state index contributed by atoms with van der Waals surface area (Å²) in [5.74, 6) is -0.841. The molecule has 59 heavy (non-hydrogen) atoms. The number of esters is 2. The van der Waals surface area contributed by atoms with E-state index in [0.717, 1.165) is 76.2 Å². The van der Waals surface area contributed by atoms with E-state index in [1.807, 2.05) is 35.4 Å². The third kappa shape index (κ3) is 8.03. The summed E-state index contributed by atoms with van der Waals surface area (Å²) in [6, 6.07) is 27.3. The van der Waals surface area contributed by atoms with E-state index in [1.165, 1.54) is 24.6 Å². The first kappa shape index (κ1) is 42.1. The number of nitrogens with zero attached hydrogens (tertiary/aromatic N) is 6. The minimum absolute atomic E-state index is 0.0989. The lowest BCUT2D eigenvalue weighted by Gasteiger charge is -2.43. The minimum atomic E-state index is -2.74. The van der Waals surface area contributed by atoms with Crippen molar-refractivity contribution in [2.24, 2.45) is 7.05 Å². The molecular weight excluding hydrogens is 780 g/mol. The molecular formula is C46H55ClN6O5Si. The first-order valence-electron chi connectivity index (χ1n) is 20.3. The molecule has 0 unspecified atom stereocenters. The molecule has 0 bridgehead atoms. The second-order valence-corrected chi connectivity index (χ2v) is 21.3. The maximum Gasteiger partial charge on any atom is 0.354 e. The number of carbonyl (C=O) groups is 2. The first-order chi connectivity index (χ1) is 28.3. The van der Waals surface area contributed by atoms with Crippen LogP contribution in [0.2, 0.25) is 10.1 Å². The molecule has 0 fully saturated rings. The number of ether oxygens (including phenoxy) is 2. The first-order valence-corrected chi connectivity index (χ1v) is 22.6. The second kappa shape index (κ2) is 17.3. The highest BCUT2D eigenvalue weighted by molar-refractivity contribution is 6.99. The van der Waals surface area contributed by atoms with Crippen molar-refractivity contribution in [1.82, 2.24) is 29.0 Å². The SMILES string of the molecule is COC(=O)CCn1c(C(=O)OC)c(C)c2c(-c3c(CN(C)Cc4cc(CO[Si](c5ccccc5)(c5ccccc5)C(C)(C)C)n(C)n4)nn4c3CCCC4)c(Cl)ccc21. The molecule has 6 aromatic rings. The van der Waals surface area contributed by atoms with Gasteiger partial charge in [-0.2, -0.15) is 10.2 Å². The molecule has 0 aliphatic carbocycles. The molecule has 7 rings (SSSR count). The van der Waals surface area contributed by atoms with Crippen LogP contribution in [0.25, 0.3) is 22.0 Å². The fourth-order valence-corrected chi connectivity index (χ4v) is 13.8. The lowest BCUT2D eigenvalue weighted by Crippen LogP contribution is -2.66. The molecule has 1 aliphatic heterocycles. The minimum Gasteiger partial charge on any atom is -0.469 e. The number of aryl methyl sites for hydroxylation is 4. The highest BCUT2D eigenvalue weighted by Crippen LogP contribution is 2.44. The fraction of sp³-hybridized carbons (Fsp3) is 0.391. The summed E-state index contributed by atoms with van der Waals surface area (Å²) >= 11 is 7.19. The van der Waals surface area contributed by atoms with E-state index in [-0.39, 0.29) is 24.0 Å². The Hall–Kier alpha value is -5.01. The van der Waals surface area contributed by atoms with Gasteiger partial charge in [0.2, 0.25) is 0 Å². The number of hydrogen-bond acceptors (Lipinski definition) is 8. The van der Waals surface area contributed by atoms with Gasteiger partial charge in [0.25, 0.3) is 8.32 Å². The summed E-state index contributed by atoms with van der Waals surface area (Å²) in [7, 11) is 4.06. The number of fused-ring (bicyclic) bond motifs is 2. The Bertz CT molecular complexity index is 2430. The van der Waals surface area contributed by atoms with Crippen molar-refractivity contribution in [3.8, 4) is 11.1 Å². The van der Waals surface area contributed by atoms with Crippen molar-refractivity contribution in [1.29, 1.82) is 0 Å². The van der Waals surface area contributed by atoms with Crippen LogP contribution in [0.5, 0.6) is 0 Å². The Morgan fingerprint density at radius 2 is 1.58 bits per heavy atom. The molecule has 3 aromatic heterocycles. The van der Waals surface area contributed by atoms with Crippen LogP contribution < -0.4 is 10.4 Å². The van der Waals surface area contributed by atoms with E-state index < -0.39 is 14.3 Å². The fourth-order valence-electron chi connectivity index (χ4n) is 9.01. The average molecular weight is 836 g/mol. The van der Waals surface area contributed by atoms with Crippen molar-refractivity contribution < 1.29 is 23.5 Å². The molecule has 0 amide bonds. The number of carbonyl (C=O) groups excluding carboxylic acids is 2. The van der Waals surface area contributed by atoms with Crippen LogP contribution in [0.1, 0.15) is 78.9 Å². The Morgan fingerprint density at radius 3 is 2.20 bits per heavy atom. The van der Waals surface area contributed by atoms with E-state index >= 15 is 0 Å². The number of hydrogen-bond donors (Lipinski definition) is 0. The number of rotatable bonds is 14. The number of aromatic nitrogens is 5. The van der Waals surface area contributed by atoms with Gasteiger partial charge in [0.05, 0.1) is 44.3 Å². The number of benzene rings is 3. The maximum absolute atomic E-state index is 13.3. The molecule has 0 saturated heterocycles. The molecule has 310 valence electrons. The van der Waals surface area contributed by atoms with Gasteiger partial charge in [-0.05, 0) is 72.4 Å². The summed E-state index contributed by atoms with van der Waals surface area (Å²) in [6.07, 6.45) is 3.05. The smallest absolute Gasteiger partial charge is 0.354 e. The lowest BCUT2D eigenvalue weighted by molar-refractivity contribution is -0.140. The van der Waals surface area contributed by atoms with Crippen molar-refractivity contribution in [3.05, 3.63) is 118 Å². The summed E-state index contributed by atoms with van der Waals surface area (Å²) < 4.78 is 23.4. The van der Waals surface area contributed by atoms with E-state index in [2.05, 4.69) is 104 Å². The standard InChI is InChI=1S/C46H55ClN6O5Si/c1-31-41-38(52(26-24-40(54)56-7)44(31)45(55)57-8)23-22-36(47)42(41)43-37(49-53-25-16-15-21-39(43)53)29-50(5)28-32-27-33(51(6)48-32)30-58-59(46(2,3)4,34-17-11-9-12-18-34)35-19-13-10-14-20-35/h9-14,17-20,22-23,27H,15-16,21,24-26,28-30H2,1-8H3. The maximum atomic E-state index is 13.3. The zero-order valence-electron chi connectivity index (χ0n) is 35.5. The largest absolute Gasteiger partial charge is 0.469 e. The molecule has 0 atom stereocenters. The monoisotopic (exact) mass is 834 g/mol. The zero-order valence-corrected chi connectivity index (χ0v) is 37.2. The van der Waals surface area contributed by atoms with Crippen LogP contribution in [-0.4, -0.2) is 70.6 Å². The number of methoxy groups -OCH3 is 2. The quantitative estimate of drug-likeness (QED) is 0.0817. The van der Waals surface area contributed by atoms with E-state index in [0.29, 0.717) is 30.4 Å². The van der Waals surface area contributed by atoms with Gasteiger partial charge >= 0.3 is 11.9 Å². The van der Waals surface area contributed by atoms with Crippen molar-refractivity contribution in [3.63, 3.8) is 0 Å². The van der Waals surface area contributed by atoms with Gasteiger partial charge in [-0.3, -0.25) is 19.1 Å². The molecule has 4 heterocycles. The Labute approximate surface area is 352 Å². The van der Waals surface area contributed by atoms with Crippen molar-refractivity contribution in [2.45, 2.75) is 91.2 Å². The summed E-state index contributed by atoms with van der Waals surface area (Å²) in [6.45, 7) is 11.4. The van der Waals surface area contributed by atoms with E-state index in [1.54, 1.807) is 0 Å². The van der Waals surface area contributed by atoms with Crippen LogP contribution in [-0.2, 0) is 64.9 Å². The lowest BCUT2D eigenvalue weighted by atomic mass is 9.94. The zero-order chi connectivity index (χ0) is 42.1. The topological polar surface area (TPSA) is 106 Å². The molecule has 0 saturated carbocycles. The molecule has 0 spiro atoms. The average Bonchev–Trinajstić information content (AvgIpc) is 3.86. The molecule has 0 N–H and O–H groups in total. The molecule has 13 heteroatoms. The highest BCUT2D eigenvalue weighted by atomic mass is 35.5. The second-order valence-electron chi connectivity index (χ2n) is 16.6.